The Bertz CT molecular complexity index is 632. The van der Waals surface area contributed by atoms with Gasteiger partial charge in [0.15, 0.2) is 0 Å². The molecule has 3 heteroatoms. The maximum atomic E-state index is 12.3. The van der Waals surface area contributed by atoms with Crippen LogP contribution in [0.3, 0.4) is 0 Å². The van der Waals surface area contributed by atoms with Gasteiger partial charge in [0.25, 0.3) is 5.91 Å². The highest BCUT2D eigenvalue weighted by Gasteiger charge is 2.16. The van der Waals surface area contributed by atoms with Crippen molar-refractivity contribution >= 4 is 5.91 Å². The van der Waals surface area contributed by atoms with E-state index in [9.17, 15) is 4.79 Å². The van der Waals surface area contributed by atoms with Crippen molar-refractivity contribution < 1.29 is 4.79 Å². The lowest BCUT2D eigenvalue weighted by Gasteiger charge is -2.25. The summed E-state index contributed by atoms with van der Waals surface area (Å²) in [4.78, 5) is 14.5. The third kappa shape index (κ3) is 3.95. The van der Waals surface area contributed by atoms with Gasteiger partial charge in [-0.05, 0) is 45.1 Å². The van der Waals surface area contributed by atoms with Crippen molar-refractivity contribution in [2.45, 2.75) is 19.9 Å². The SMILES string of the molecule is Cc1ccc([C@@H](CNC(=O)c2ccccc2C)N(C)C)cc1. The third-order valence-corrected chi connectivity index (χ3v) is 3.93. The van der Waals surface area contributed by atoms with E-state index in [0.29, 0.717) is 6.54 Å². The fourth-order valence-corrected chi connectivity index (χ4v) is 2.50. The van der Waals surface area contributed by atoms with Crippen molar-refractivity contribution in [2.75, 3.05) is 20.6 Å². The lowest BCUT2D eigenvalue weighted by molar-refractivity contribution is 0.0941. The Labute approximate surface area is 133 Å². The first-order chi connectivity index (χ1) is 10.5. The number of carbonyl (C=O) groups excluding carboxylic acids is 1. The minimum Gasteiger partial charge on any atom is -0.350 e. The van der Waals surface area contributed by atoms with Crippen LogP contribution in [-0.2, 0) is 0 Å². The van der Waals surface area contributed by atoms with Crippen LogP contribution in [0.15, 0.2) is 48.5 Å². The highest BCUT2D eigenvalue weighted by molar-refractivity contribution is 5.95. The number of benzene rings is 2. The molecule has 0 aliphatic carbocycles. The molecule has 0 saturated heterocycles. The van der Waals surface area contributed by atoms with E-state index in [4.69, 9.17) is 0 Å². The molecule has 22 heavy (non-hydrogen) atoms. The summed E-state index contributed by atoms with van der Waals surface area (Å²) in [6.45, 7) is 4.62. The van der Waals surface area contributed by atoms with Gasteiger partial charge in [-0.15, -0.1) is 0 Å². The summed E-state index contributed by atoms with van der Waals surface area (Å²) in [6, 6.07) is 16.3. The van der Waals surface area contributed by atoms with Crippen LogP contribution in [-0.4, -0.2) is 31.4 Å². The second-order valence-corrected chi connectivity index (χ2v) is 5.92. The lowest BCUT2D eigenvalue weighted by Crippen LogP contribution is -2.34. The van der Waals surface area contributed by atoms with E-state index in [1.165, 1.54) is 11.1 Å². The Morgan fingerprint density at radius 1 is 1.05 bits per heavy atom. The number of hydrogen-bond acceptors (Lipinski definition) is 2. The average Bonchev–Trinajstić information content (AvgIpc) is 2.49. The van der Waals surface area contributed by atoms with E-state index >= 15 is 0 Å². The minimum atomic E-state index is -0.0166. The van der Waals surface area contributed by atoms with Gasteiger partial charge in [-0.3, -0.25) is 4.79 Å². The van der Waals surface area contributed by atoms with E-state index in [1.54, 1.807) is 0 Å². The normalized spacial score (nSPS) is 12.2. The molecule has 1 N–H and O–H groups in total. The van der Waals surface area contributed by atoms with Crippen molar-refractivity contribution in [3.05, 3.63) is 70.8 Å². The summed E-state index contributed by atoms with van der Waals surface area (Å²) in [5.74, 6) is -0.0166. The first-order valence-electron chi connectivity index (χ1n) is 7.56. The van der Waals surface area contributed by atoms with Crippen molar-refractivity contribution in [3.8, 4) is 0 Å². The summed E-state index contributed by atoms with van der Waals surface area (Å²) in [7, 11) is 4.06. The summed E-state index contributed by atoms with van der Waals surface area (Å²) < 4.78 is 0. The van der Waals surface area contributed by atoms with Gasteiger partial charge in [-0.25, -0.2) is 0 Å². The molecule has 0 saturated carbocycles. The quantitative estimate of drug-likeness (QED) is 0.918. The van der Waals surface area contributed by atoms with E-state index in [0.717, 1.165) is 11.1 Å². The Kier molecular flexibility index (Phi) is 5.34. The molecule has 0 heterocycles. The topological polar surface area (TPSA) is 32.3 Å². The van der Waals surface area contributed by atoms with Gasteiger partial charge in [-0.1, -0.05) is 48.0 Å². The molecule has 0 aromatic heterocycles. The van der Waals surface area contributed by atoms with Crippen molar-refractivity contribution in [1.82, 2.24) is 10.2 Å². The molecule has 0 fully saturated rings. The second-order valence-electron chi connectivity index (χ2n) is 5.92. The Morgan fingerprint density at radius 2 is 1.68 bits per heavy atom. The number of aryl methyl sites for hydroxylation is 2. The van der Waals surface area contributed by atoms with Crippen LogP contribution in [0.1, 0.15) is 33.1 Å². The second kappa shape index (κ2) is 7.23. The van der Waals surface area contributed by atoms with Crippen LogP contribution < -0.4 is 5.32 Å². The van der Waals surface area contributed by atoms with Crippen LogP contribution in [0, 0.1) is 13.8 Å². The van der Waals surface area contributed by atoms with Crippen LogP contribution in [0.5, 0.6) is 0 Å². The highest BCUT2D eigenvalue weighted by Crippen LogP contribution is 2.18. The van der Waals surface area contributed by atoms with Crippen LogP contribution in [0.2, 0.25) is 0 Å². The fraction of sp³-hybridized carbons (Fsp3) is 0.316. The molecule has 1 amide bonds. The zero-order valence-electron chi connectivity index (χ0n) is 13.8. The molecule has 0 unspecified atom stereocenters. The summed E-state index contributed by atoms with van der Waals surface area (Å²) >= 11 is 0. The first kappa shape index (κ1) is 16.2. The number of carbonyl (C=O) groups is 1. The summed E-state index contributed by atoms with van der Waals surface area (Å²) in [6.07, 6.45) is 0. The highest BCUT2D eigenvalue weighted by atomic mass is 16.1. The number of rotatable bonds is 5. The Hall–Kier alpha value is -2.13. The third-order valence-electron chi connectivity index (χ3n) is 3.93. The smallest absolute Gasteiger partial charge is 0.251 e. The molecule has 0 bridgehead atoms. The fourth-order valence-electron chi connectivity index (χ4n) is 2.50. The first-order valence-corrected chi connectivity index (χ1v) is 7.56. The standard InChI is InChI=1S/C19H24N2O/c1-14-9-11-16(12-10-14)18(21(3)4)13-20-19(22)17-8-6-5-7-15(17)2/h5-12,18H,13H2,1-4H3,(H,20,22)/t18-/m1/s1. The van der Waals surface area contributed by atoms with E-state index in [-0.39, 0.29) is 11.9 Å². The maximum absolute atomic E-state index is 12.3. The van der Waals surface area contributed by atoms with Gasteiger partial charge >= 0.3 is 0 Å². The number of hydrogen-bond donors (Lipinski definition) is 1. The molecule has 2 aromatic carbocycles. The van der Waals surface area contributed by atoms with Gasteiger partial charge < -0.3 is 10.2 Å². The zero-order valence-corrected chi connectivity index (χ0v) is 13.8. The van der Waals surface area contributed by atoms with Gasteiger partial charge in [0.05, 0.1) is 6.04 Å². The van der Waals surface area contributed by atoms with E-state index in [2.05, 4.69) is 41.4 Å². The van der Waals surface area contributed by atoms with Gasteiger partial charge in [0, 0.05) is 12.1 Å². The van der Waals surface area contributed by atoms with Crippen LogP contribution >= 0.6 is 0 Å². The van der Waals surface area contributed by atoms with Crippen LogP contribution in [0.25, 0.3) is 0 Å². The molecular weight excluding hydrogens is 272 g/mol. The molecule has 0 radical (unpaired) electrons. The predicted octanol–water partition coefficient (Wildman–Crippen LogP) is 3.34. The van der Waals surface area contributed by atoms with Gasteiger partial charge in [0.2, 0.25) is 0 Å². The molecule has 1 atom stereocenters. The predicted molar refractivity (Wildman–Crippen MR) is 91.1 cm³/mol. The number of nitrogens with zero attached hydrogens (tertiary/aromatic N) is 1. The molecule has 2 aromatic rings. The number of likely N-dealkylation sites (N-methyl/N-ethyl adjacent to an activating group) is 1. The Morgan fingerprint density at radius 3 is 2.27 bits per heavy atom. The summed E-state index contributed by atoms with van der Waals surface area (Å²) in [5.41, 5.74) is 4.19. The molecule has 3 nitrogen and oxygen atoms in total. The van der Waals surface area contributed by atoms with Gasteiger partial charge in [0.1, 0.15) is 0 Å². The van der Waals surface area contributed by atoms with Gasteiger partial charge in [-0.2, -0.15) is 0 Å². The molecule has 0 spiro atoms. The number of nitrogens with one attached hydrogen (secondary N) is 1. The maximum Gasteiger partial charge on any atom is 0.251 e. The monoisotopic (exact) mass is 296 g/mol. The average molecular weight is 296 g/mol. The molecular formula is C19H24N2O. The minimum absolute atomic E-state index is 0.0166. The lowest BCUT2D eigenvalue weighted by atomic mass is 10.0. The van der Waals surface area contributed by atoms with Crippen molar-refractivity contribution in [3.63, 3.8) is 0 Å². The van der Waals surface area contributed by atoms with E-state index in [1.807, 2.05) is 45.3 Å². The number of amides is 1. The van der Waals surface area contributed by atoms with Crippen molar-refractivity contribution in [1.29, 1.82) is 0 Å². The van der Waals surface area contributed by atoms with Crippen LogP contribution in [0.4, 0.5) is 0 Å². The molecule has 0 aliphatic heterocycles. The Balaban J connectivity index is 2.08. The zero-order chi connectivity index (χ0) is 16.1. The molecule has 0 aliphatic rings. The molecule has 116 valence electrons. The largest absolute Gasteiger partial charge is 0.350 e. The molecule has 2 rings (SSSR count). The van der Waals surface area contributed by atoms with E-state index < -0.39 is 0 Å². The van der Waals surface area contributed by atoms with Crippen molar-refractivity contribution in [2.24, 2.45) is 0 Å². The summed E-state index contributed by atoms with van der Waals surface area (Å²) in [5, 5.41) is 3.05.